The lowest BCUT2D eigenvalue weighted by molar-refractivity contribution is -0.137. The van der Waals surface area contributed by atoms with Crippen molar-refractivity contribution >= 4 is 16.1 Å². The lowest BCUT2D eigenvalue weighted by atomic mass is 10.0. The van der Waals surface area contributed by atoms with Gasteiger partial charge < -0.3 is 5.11 Å². The molecular formula is C16H24O5S. The van der Waals surface area contributed by atoms with E-state index in [4.69, 9.17) is 9.66 Å². The number of hydrogen-bond donors (Lipinski definition) is 2. The number of aryl methyl sites for hydroxylation is 1. The molecule has 6 heteroatoms. The minimum absolute atomic E-state index is 0.0717. The van der Waals surface area contributed by atoms with Gasteiger partial charge in [0, 0.05) is 6.42 Å². The highest BCUT2D eigenvalue weighted by atomic mass is 32.2. The van der Waals surface area contributed by atoms with E-state index in [1.165, 1.54) is 12.1 Å². The summed E-state index contributed by atoms with van der Waals surface area (Å²) in [6.07, 6.45) is 8.39. The van der Waals surface area contributed by atoms with Crippen molar-refractivity contribution in [2.24, 2.45) is 0 Å². The number of rotatable bonds is 11. The lowest BCUT2D eigenvalue weighted by Crippen LogP contribution is -1.98. The first-order valence-corrected chi connectivity index (χ1v) is 9.12. The molecule has 0 aliphatic carbocycles. The van der Waals surface area contributed by atoms with Gasteiger partial charge in [0.1, 0.15) is 0 Å². The lowest BCUT2D eigenvalue weighted by Gasteiger charge is -2.03. The number of hydrogen-bond acceptors (Lipinski definition) is 3. The number of unbranched alkanes of at least 4 members (excludes halogenated alkanes) is 6. The zero-order valence-electron chi connectivity index (χ0n) is 12.7. The Labute approximate surface area is 132 Å². The van der Waals surface area contributed by atoms with Gasteiger partial charge in [0.15, 0.2) is 0 Å². The molecule has 0 atom stereocenters. The molecular weight excluding hydrogens is 304 g/mol. The van der Waals surface area contributed by atoms with Crippen LogP contribution in [0.3, 0.4) is 0 Å². The van der Waals surface area contributed by atoms with Gasteiger partial charge in [-0.15, -0.1) is 0 Å². The molecule has 0 aliphatic rings. The Kier molecular flexibility index (Phi) is 8.12. The molecule has 1 aromatic carbocycles. The standard InChI is InChI=1S/C16H24O5S/c17-16(18)9-7-5-3-1-2-4-6-8-14-10-12-15(13-11-14)22(19,20)21/h10-13H,1-9H2,(H,17,18)(H,19,20,21). The van der Waals surface area contributed by atoms with Gasteiger partial charge in [-0.2, -0.15) is 8.42 Å². The molecule has 0 heterocycles. The van der Waals surface area contributed by atoms with Crippen LogP contribution in [-0.2, 0) is 21.3 Å². The second kappa shape index (κ2) is 9.58. The van der Waals surface area contributed by atoms with Crippen molar-refractivity contribution in [1.29, 1.82) is 0 Å². The van der Waals surface area contributed by atoms with Crippen LogP contribution in [-0.4, -0.2) is 24.0 Å². The van der Waals surface area contributed by atoms with Crippen molar-refractivity contribution < 1.29 is 22.9 Å². The van der Waals surface area contributed by atoms with Crippen LogP contribution in [0.25, 0.3) is 0 Å². The van der Waals surface area contributed by atoms with Crippen molar-refractivity contribution in [2.45, 2.75) is 62.7 Å². The van der Waals surface area contributed by atoms with Crippen LogP contribution in [0.2, 0.25) is 0 Å². The summed E-state index contributed by atoms with van der Waals surface area (Å²) < 4.78 is 30.7. The molecule has 0 aromatic heterocycles. The number of benzene rings is 1. The number of carboxylic acids is 1. The molecule has 0 spiro atoms. The largest absolute Gasteiger partial charge is 0.481 e. The molecule has 1 rings (SSSR count). The van der Waals surface area contributed by atoms with Gasteiger partial charge in [0.2, 0.25) is 0 Å². The van der Waals surface area contributed by atoms with Crippen LogP contribution in [0.15, 0.2) is 29.2 Å². The molecule has 1 aromatic rings. The Morgan fingerprint density at radius 1 is 0.864 bits per heavy atom. The average Bonchev–Trinajstić information content (AvgIpc) is 2.45. The van der Waals surface area contributed by atoms with Gasteiger partial charge >= 0.3 is 5.97 Å². The fourth-order valence-electron chi connectivity index (χ4n) is 2.32. The predicted molar refractivity (Wildman–Crippen MR) is 84.5 cm³/mol. The van der Waals surface area contributed by atoms with Crippen LogP contribution >= 0.6 is 0 Å². The number of aliphatic carboxylic acids is 1. The SMILES string of the molecule is O=C(O)CCCCCCCCCc1ccc(S(=O)(=O)O)cc1. The summed E-state index contributed by atoms with van der Waals surface area (Å²) in [5.41, 5.74) is 1.06. The van der Waals surface area contributed by atoms with E-state index in [-0.39, 0.29) is 11.3 Å². The Hall–Kier alpha value is -1.40. The average molecular weight is 328 g/mol. The highest BCUT2D eigenvalue weighted by Crippen LogP contribution is 2.14. The maximum Gasteiger partial charge on any atom is 0.303 e. The van der Waals surface area contributed by atoms with Crippen LogP contribution in [0.5, 0.6) is 0 Å². The number of carboxylic acid groups (broad SMARTS) is 1. The van der Waals surface area contributed by atoms with E-state index in [0.717, 1.165) is 56.9 Å². The van der Waals surface area contributed by atoms with Gasteiger partial charge in [-0.25, -0.2) is 0 Å². The van der Waals surface area contributed by atoms with Crippen LogP contribution in [0.1, 0.15) is 56.9 Å². The Bertz CT molecular complexity index is 548. The minimum Gasteiger partial charge on any atom is -0.481 e. The molecule has 0 bridgehead atoms. The second-order valence-corrected chi connectivity index (χ2v) is 6.91. The summed E-state index contributed by atoms with van der Waals surface area (Å²) in [7, 11) is -4.10. The van der Waals surface area contributed by atoms with Crippen LogP contribution in [0, 0.1) is 0 Å². The Balaban J connectivity index is 2.09. The van der Waals surface area contributed by atoms with Gasteiger partial charge in [-0.3, -0.25) is 9.35 Å². The van der Waals surface area contributed by atoms with Gasteiger partial charge in [0.25, 0.3) is 10.1 Å². The fourth-order valence-corrected chi connectivity index (χ4v) is 2.80. The summed E-state index contributed by atoms with van der Waals surface area (Å²) in [6, 6.07) is 6.31. The summed E-state index contributed by atoms with van der Waals surface area (Å²) >= 11 is 0. The first kappa shape index (κ1) is 18.6. The summed E-state index contributed by atoms with van der Waals surface area (Å²) in [5, 5.41) is 8.51. The Morgan fingerprint density at radius 3 is 1.86 bits per heavy atom. The van der Waals surface area contributed by atoms with E-state index in [1.54, 1.807) is 12.1 Å². The predicted octanol–water partition coefficient (Wildman–Crippen LogP) is 3.68. The van der Waals surface area contributed by atoms with Crippen molar-refractivity contribution in [3.05, 3.63) is 29.8 Å². The van der Waals surface area contributed by atoms with Crippen molar-refractivity contribution in [2.75, 3.05) is 0 Å². The normalized spacial score (nSPS) is 11.5. The van der Waals surface area contributed by atoms with Gasteiger partial charge in [-0.1, -0.05) is 44.2 Å². The third kappa shape index (κ3) is 8.14. The van der Waals surface area contributed by atoms with Crippen LogP contribution in [0.4, 0.5) is 0 Å². The molecule has 0 radical (unpaired) electrons. The molecule has 0 saturated carbocycles. The highest BCUT2D eigenvalue weighted by Gasteiger charge is 2.08. The van der Waals surface area contributed by atoms with Crippen molar-refractivity contribution in [3.8, 4) is 0 Å². The first-order chi connectivity index (χ1) is 10.4. The van der Waals surface area contributed by atoms with E-state index >= 15 is 0 Å². The molecule has 22 heavy (non-hydrogen) atoms. The third-order valence-electron chi connectivity index (χ3n) is 3.58. The topological polar surface area (TPSA) is 91.7 Å². The van der Waals surface area contributed by atoms with E-state index in [9.17, 15) is 13.2 Å². The number of carbonyl (C=O) groups is 1. The summed E-state index contributed by atoms with van der Waals surface area (Å²) in [5.74, 6) is -0.722. The second-order valence-electron chi connectivity index (χ2n) is 5.49. The van der Waals surface area contributed by atoms with Gasteiger partial charge in [0.05, 0.1) is 4.90 Å². The zero-order valence-corrected chi connectivity index (χ0v) is 13.5. The molecule has 2 N–H and O–H groups in total. The maximum absolute atomic E-state index is 10.9. The van der Waals surface area contributed by atoms with Crippen molar-refractivity contribution in [1.82, 2.24) is 0 Å². The third-order valence-corrected chi connectivity index (χ3v) is 4.45. The minimum atomic E-state index is -4.10. The highest BCUT2D eigenvalue weighted by molar-refractivity contribution is 7.85. The van der Waals surface area contributed by atoms with Gasteiger partial charge in [-0.05, 0) is 37.0 Å². The van der Waals surface area contributed by atoms with Crippen LogP contribution < -0.4 is 0 Å². The molecule has 0 fully saturated rings. The molecule has 0 unspecified atom stereocenters. The smallest absolute Gasteiger partial charge is 0.303 e. The first-order valence-electron chi connectivity index (χ1n) is 7.68. The summed E-state index contributed by atoms with van der Waals surface area (Å²) in [4.78, 5) is 10.3. The van der Waals surface area contributed by atoms with Crippen molar-refractivity contribution in [3.63, 3.8) is 0 Å². The molecule has 5 nitrogen and oxygen atoms in total. The molecule has 0 saturated heterocycles. The fraction of sp³-hybridized carbons (Fsp3) is 0.562. The molecule has 124 valence electrons. The quantitative estimate of drug-likeness (QED) is 0.477. The zero-order chi connectivity index (χ0) is 16.4. The van der Waals surface area contributed by atoms with E-state index < -0.39 is 16.1 Å². The maximum atomic E-state index is 10.9. The van der Waals surface area contributed by atoms with E-state index in [0.29, 0.717) is 0 Å². The van der Waals surface area contributed by atoms with E-state index in [2.05, 4.69) is 0 Å². The molecule has 0 aliphatic heterocycles. The molecule has 0 amide bonds. The Morgan fingerprint density at radius 2 is 1.36 bits per heavy atom. The summed E-state index contributed by atoms with van der Waals surface area (Å²) in [6.45, 7) is 0. The van der Waals surface area contributed by atoms with E-state index in [1.807, 2.05) is 0 Å². The monoisotopic (exact) mass is 328 g/mol.